The average Bonchev–Trinajstić information content (AvgIpc) is 2.34. The maximum atomic E-state index is 9.95. The van der Waals surface area contributed by atoms with Gasteiger partial charge in [-0.05, 0) is 32.2 Å². The largest absolute Gasteiger partial charge is 0.377 e. The van der Waals surface area contributed by atoms with Crippen molar-refractivity contribution in [1.29, 1.82) is 0 Å². The van der Waals surface area contributed by atoms with Crippen molar-refractivity contribution in [2.24, 2.45) is 11.5 Å². The second-order valence-corrected chi connectivity index (χ2v) is 4.81. The zero-order valence-electron chi connectivity index (χ0n) is 11.5. The maximum Gasteiger partial charge on any atom is 0.120 e. The van der Waals surface area contributed by atoms with Crippen molar-refractivity contribution in [1.82, 2.24) is 5.32 Å². The number of nitrogens with two attached hydrogens (primary N) is 2. The van der Waals surface area contributed by atoms with Crippen LogP contribution in [0.1, 0.15) is 58.8 Å². The first-order valence-electron chi connectivity index (χ1n) is 7.05. The molecule has 0 saturated carbocycles. The van der Waals surface area contributed by atoms with Crippen molar-refractivity contribution in [2.45, 2.75) is 77.1 Å². The van der Waals surface area contributed by atoms with Gasteiger partial charge in [-0.25, -0.2) is 0 Å². The fraction of sp³-hybridized carbons (Fsp3) is 1.00. The molecule has 0 radical (unpaired) electrons. The number of hydrogen-bond acceptors (Lipinski definition) is 4. The Balaban J connectivity index is 3.81. The van der Waals surface area contributed by atoms with Crippen LogP contribution in [0.4, 0.5) is 0 Å². The molecule has 0 rings (SSSR count). The van der Waals surface area contributed by atoms with Crippen LogP contribution >= 0.6 is 0 Å². The monoisotopic (exact) mass is 245 g/mol. The first kappa shape index (κ1) is 16.8. The lowest BCUT2D eigenvalue weighted by Crippen LogP contribution is -2.49. The van der Waals surface area contributed by atoms with E-state index < -0.39 is 6.23 Å². The molecule has 0 aliphatic heterocycles. The Hall–Kier alpha value is -0.160. The summed E-state index contributed by atoms with van der Waals surface area (Å²) in [6.45, 7) is 5.02. The molecular weight excluding hydrogens is 214 g/mol. The van der Waals surface area contributed by atoms with Crippen LogP contribution in [0.3, 0.4) is 0 Å². The van der Waals surface area contributed by atoms with Crippen molar-refractivity contribution in [3.63, 3.8) is 0 Å². The summed E-state index contributed by atoms with van der Waals surface area (Å²) < 4.78 is 0. The number of hydrogen-bond donors (Lipinski definition) is 4. The summed E-state index contributed by atoms with van der Waals surface area (Å²) in [6.07, 6.45) is 6.74. The van der Waals surface area contributed by atoms with Gasteiger partial charge < -0.3 is 16.6 Å². The number of nitrogens with one attached hydrogen (secondary N) is 1. The lowest BCUT2D eigenvalue weighted by molar-refractivity contribution is 0.0883. The molecule has 4 heteroatoms. The van der Waals surface area contributed by atoms with E-state index in [1.807, 2.05) is 0 Å². The molecule has 0 aromatic carbocycles. The summed E-state index contributed by atoms with van der Waals surface area (Å²) in [7, 11) is 0. The SMILES string of the molecule is CCCCC(CC)NC(O)C(N)CCCCN. The fourth-order valence-electron chi connectivity index (χ4n) is 1.90. The first-order valence-corrected chi connectivity index (χ1v) is 7.05. The number of rotatable bonds is 11. The third-order valence-corrected chi connectivity index (χ3v) is 3.20. The van der Waals surface area contributed by atoms with Gasteiger partial charge in [-0.2, -0.15) is 0 Å². The van der Waals surface area contributed by atoms with Gasteiger partial charge in [0.2, 0.25) is 0 Å². The van der Waals surface area contributed by atoms with E-state index in [4.69, 9.17) is 11.5 Å². The van der Waals surface area contributed by atoms with Gasteiger partial charge in [-0.3, -0.25) is 5.32 Å². The molecule has 0 aromatic rings. The van der Waals surface area contributed by atoms with E-state index in [0.717, 1.165) is 32.1 Å². The van der Waals surface area contributed by atoms with Crippen LogP contribution < -0.4 is 16.8 Å². The minimum Gasteiger partial charge on any atom is -0.377 e. The van der Waals surface area contributed by atoms with Gasteiger partial charge in [0.05, 0.1) is 0 Å². The molecular formula is C13H31N3O. The first-order chi connectivity index (χ1) is 8.15. The molecule has 4 nitrogen and oxygen atoms in total. The zero-order valence-corrected chi connectivity index (χ0v) is 11.5. The van der Waals surface area contributed by atoms with E-state index in [-0.39, 0.29) is 6.04 Å². The fourth-order valence-corrected chi connectivity index (χ4v) is 1.90. The molecule has 0 bridgehead atoms. The highest BCUT2D eigenvalue weighted by Crippen LogP contribution is 2.07. The molecule has 0 saturated heterocycles. The maximum absolute atomic E-state index is 9.95. The summed E-state index contributed by atoms with van der Waals surface area (Å²) in [5.41, 5.74) is 11.4. The van der Waals surface area contributed by atoms with E-state index in [1.54, 1.807) is 0 Å². The van der Waals surface area contributed by atoms with E-state index in [0.29, 0.717) is 12.6 Å². The summed E-state index contributed by atoms with van der Waals surface area (Å²) in [6, 6.07) is 0.197. The molecule has 6 N–H and O–H groups in total. The van der Waals surface area contributed by atoms with Crippen LogP contribution in [0, 0.1) is 0 Å². The van der Waals surface area contributed by atoms with E-state index in [1.165, 1.54) is 12.8 Å². The molecule has 0 aliphatic rings. The minimum absolute atomic E-state index is 0.183. The Morgan fingerprint density at radius 1 is 1.12 bits per heavy atom. The topological polar surface area (TPSA) is 84.3 Å². The van der Waals surface area contributed by atoms with Crippen molar-refractivity contribution in [3.8, 4) is 0 Å². The average molecular weight is 245 g/mol. The van der Waals surface area contributed by atoms with Crippen LogP contribution in [-0.4, -0.2) is 30.0 Å². The van der Waals surface area contributed by atoms with Crippen LogP contribution in [0.2, 0.25) is 0 Å². The molecule has 0 aromatic heterocycles. The molecule has 0 aliphatic carbocycles. The van der Waals surface area contributed by atoms with Crippen molar-refractivity contribution in [2.75, 3.05) is 6.54 Å². The van der Waals surface area contributed by atoms with Crippen LogP contribution in [0.15, 0.2) is 0 Å². The third-order valence-electron chi connectivity index (χ3n) is 3.20. The number of unbranched alkanes of at least 4 members (excludes halogenated alkanes) is 2. The predicted octanol–water partition coefficient (Wildman–Crippen LogP) is 1.32. The van der Waals surface area contributed by atoms with Gasteiger partial charge in [0.1, 0.15) is 6.23 Å². The Labute approximate surface area is 106 Å². The highest BCUT2D eigenvalue weighted by molar-refractivity contribution is 4.75. The minimum atomic E-state index is -0.588. The molecule has 104 valence electrons. The van der Waals surface area contributed by atoms with Gasteiger partial charge >= 0.3 is 0 Å². The Bertz CT molecular complexity index is 167. The highest BCUT2D eigenvalue weighted by atomic mass is 16.3. The summed E-state index contributed by atoms with van der Waals surface area (Å²) >= 11 is 0. The van der Waals surface area contributed by atoms with Gasteiger partial charge in [0.15, 0.2) is 0 Å². The Kier molecular flexibility index (Phi) is 10.9. The molecule has 3 atom stereocenters. The lowest BCUT2D eigenvalue weighted by Gasteiger charge is -2.25. The smallest absolute Gasteiger partial charge is 0.120 e. The standard InChI is InChI=1S/C13H31N3O/c1-3-5-8-11(4-2)16-13(17)12(15)9-6-7-10-14/h11-13,16-17H,3-10,14-15H2,1-2H3. The lowest BCUT2D eigenvalue weighted by atomic mass is 10.0. The Morgan fingerprint density at radius 2 is 1.82 bits per heavy atom. The van der Waals surface area contributed by atoms with Crippen molar-refractivity contribution < 1.29 is 5.11 Å². The second-order valence-electron chi connectivity index (χ2n) is 4.81. The van der Waals surface area contributed by atoms with Gasteiger partial charge in [-0.15, -0.1) is 0 Å². The summed E-state index contributed by atoms with van der Waals surface area (Å²) in [5, 5.41) is 13.2. The molecule has 0 amide bonds. The van der Waals surface area contributed by atoms with Crippen molar-refractivity contribution in [3.05, 3.63) is 0 Å². The highest BCUT2D eigenvalue weighted by Gasteiger charge is 2.17. The molecule has 0 fully saturated rings. The van der Waals surface area contributed by atoms with E-state index >= 15 is 0 Å². The Morgan fingerprint density at radius 3 is 2.35 bits per heavy atom. The van der Waals surface area contributed by atoms with Crippen LogP contribution in [0.5, 0.6) is 0 Å². The van der Waals surface area contributed by atoms with Gasteiger partial charge in [0.25, 0.3) is 0 Å². The van der Waals surface area contributed by atoms with Crippen molar-refractivity contribution >= 4 is 0 Å². The van der Waals surface area contributed by atoms with E-state index in [9.17, 15) is 5.11 Å². The van der Waals surface area contributed by atoms with Crippen LogP contribution in [-0.2, 0) is 0 Å². The summed E-state index contributed by atoms with van der Waals surface area (Å²) in [5.74, 6) is 0. The normalized spacial score (nSPS) is 16.8. The number of aliphatic hydroxyl groups excluding tert-OH is 1. The zero-order chi connectivity index (χ0) is 13.1. The predicted molar refractivity (Wildman–Crippen MR) is 73.6 cm³/mol. The molecule has 0 heterocycles. The third kappa shape index (κ3) is 8.55. The molecule has 3 unspecified atom stereocenters. The molecule has 17 heavy (non-hydrogen) atoms. The van der Waals surface area contributed by atoms with Gasteiger partial charge in [0, 0.05) is 12.1 Å². The second kappa shape index (κ2) is 11.0. The molecule has 0 spiro atoms. The number of aliphatic hydroxyl groups is 1. The van der Waals surface area contributed by atoms with Crippen LogP contribution in [0.25, 0.3) is 0 Å². The van der Waals surface area contributed by atoms with E-state index in [2.05, 4.69) is 19.2 Å². The quantitative estimate of drug-likeness (QED) is 0.327. The summed E-state index contributed by atoms with van der Waals surface area (Å²) in [4.78, 5) is 0. The van der Waals surface area contributed by atoms with Gasteiger partial charge in [-0.1, -0.05) is 33.1 Å².